The van der Waals surface area contributed by atoms with Crippen LogP contribution >= 0.6 is 0 Å². The van der Waals surface area contributed by atoms with Gasteiger partial charge in [0.2, 0.25) is 14.3 Å². The molecule has 1 saturated heterocycles. The first-order valence-corrected chi connectivity index (χ1v) is 18.1. The Morgan fingerprint density at radius 1 is 1.02 bits per heavy atom. The van der Waals surface area contributed by atoms with Gasteiger partial charge in [0.15, 0.2) is 0 Å². The third-order valence-electron chi connectivity index (χ3n) is 9.06. The van der Waals surface area contributed by atoms with Crippen molar-refractivity contribution in [1.29, 1.82) is 0 Å². The standard InChI is InChI=1S/C34H42FN3O4Si/c1-22-30(17-10-23-8-15-28(16-9-23)37-34(41)24-11-13-27(36)14-12-24)42-31(33(22)43(2,3)35)19-32(40)38-20-26-7-5-4-6-25(26)18-29(38)21-39/h4-9,11-16,22,29-31,33,39H,10,17-21,36H2,1-3H3,(H,37,41)/t22-,29+,30+,31-,33+/m1/s1. The van der Waals surface area contributed by atoms with E-state index in [0.29, 0.717) is 36.3 Å². The molecule has 1 fully saturated rings. The van der Waals surface area contributed by atoms with Crippen LogP contribution in [0.5, 0.6) is 0 Å². The maximum atomic E-state index is 15.7. The fourth-order valence-electron chi connectivity index (χ4n) is 6.81. The smallest absolute Gasteiger partial charge is 0.255 e. The average Bonchev–Trinajstić information content (AvgIpc) is 3.30. The number of halogens is 1. The second-order valence-electron chi connectivity index (χ2n) is 12.5. The first-order valence-electron chi connectivity index (χ1n) is 15.1. The zero-order chi connectivity index (χ0) is 30.7. The van der Waals surface area contributed by atoms with Crippen LogP contribution in [-0.2, 0) is 28.9 Å². The molecule has 4 N–H and O–H groups in total. The summed E-state index contributed by atoms with van der Waals surface area (Å²) < 4.78 is 22.2. The number of aliphatic hydroxyl groups is 1. The summed E-state index contributed by atoms with van der Waals surface area (Å²) in [5.41, 5.74) is 10.6. The summed E-state index contributed by atoms with van der Waals surface area (Å²) >= 11 is 0. The Hall–Kier alpha value is -3.53. The highest BCUT2D eigenvalue weighted by Gasteiger charge is 2.52. The zero-order valence-corrected chi connectivity index (χ0v) is 26.1. The third kappa shape index (κ3) is 7.17. The maximum Gasteiger partial charge on any atom is 0.255 e. The number of hydrogen-bond donors (Lipinski definition) is 3. The van der Waals surface area contributed by atoms with Crippen molar-refractivity contribution < 1.29 is 23.5 Å². The van der Waals surface area contributed by atoms with Gasteiger partial charge in [0, 0.05) is 29.0 Å². The number of anilines is 2. The van der Waals surface area contributed by atoms with Gasteiger partial charge in [-0.1, -0.05) is 43.3 Å². The van der Waals surface area contributed by atoms with Crippen LogP contribution in [0.3, 0.4) is 0 Å². The van der Waals surface area contributed by atoms with E-state index in [9.17, 15) is 14.7 Å². The maximum absolute atomic E-state index is 15.7. The minimum absolute atomic E-state index is 0.0151. The van der Waals surface area contributed by atoms with Gasteiger partial charge in [-0.2, -0.15) is 0 Å². The minimum Gasteiger partial charge on any atom is -0.399 e. The number of benzene rings is 3. The number of nitrogens with zero attached hydrogens (tertiary/aromatic N) is 1. The normalized spacial score (nSPS) is 23.6. The number of aliphatic hydroxyl groups excluding tert-OH is 1. The molecule has 0 aliphatic carbocycles. The van der Waals surface area contributed by atoms with Crippen LogP contribution in [0, 0.1) is 5.92 Å². The Balaban J connectivity index is 1.20. The van der Waals surface area contributed by atoms with Gasteiger partial charge in [-0.05, 0) is 91.4 Å². The lowest BCUT2D eigenvalue weighted by Gasteiger charge is -2.37. The van der Waals surface area contributed by atoms with Crippen LogP contribution in [-0.4, -0.2) is 55.1 Å². The number of nitrogen functional groups attached to an aromatic ring is 1. The molecule has 0 spiro atoms. The van der Waals surface area contributed by atoms with Crippen LogP contribution in [0.15, 0.2) is 72.8 Å². The van der Waals surface area contributed by atoms with Gasteiger partial charge in [-0.25, -0.2) is 0 Å². The molecule has 5 rings (SSSR count). The topological polar surface area (TPSA) is 105 Å². The molecule has 2 amide bonds. The number of aryl methyl sites for hydroxylation is 1. The van der Waals surface area contributed by atoms with E-state index >= 15 is 4.11 Å². The van der Waals surface area contributed by atoms with E-state index in [0.717, 1.165) is 23.1 Å². The first kappa shape index (κ1) is 30.9. The number of nitrogens with two attached hydrogens (primary N) is 1. The van der Waals surface area contributed by atoms with E-state index in [1.807, 2.05) is 48.5 Å². The highest BCUT2D eigenvalue weighted by atomic mass is 28.4. The molecule has 228 valence electrons. The molecule has 0 aromatic heterocycles. The van der Waals surface area contributed by atoms with E-state index in [4.69, 9.17) is 10.5 Å². The van der Waals surface area contributed by atoms with Gasteiger partial charge < -0.3 is 29.9 Å². The summed E-state index contributed by atoms with van der Waals surface area (Å²) in [5, 5.41) is 13.0. The SMILES string of the molecule is C[C@H]1[C@H]([Si](C)(C)F)[C@@H](CC(=O)N2Cc3ccccc3C[C@H]2CO)O[C@H]1CCc1ccc(NC(=O)c2ccc(N)cc2)cc1. The van der Waals surface area contributed by atoms with Crippen LogP contribution in [0.4, 0.5) is 15.5 Å². The quantitative estimate of drug-likeness (QED) is 0.164. The van der Waals surface area contributed by atoms with Gasteiger partial charge >= 0.3 is 0 Å². The Morgan fingerprint density at radius 3 is 2.35 bits per heavy atom. The number of fused-ring (bicyclic) bond motifs is 1. The van der Waals surface area contributed by atoms with Gasteiger partial charge in [-0.15, -0.1) is 0 Å². The lowest BCUT2D eigenvalue weighted by Crippen LogP contribution is -2.48. The molecule has 0 unspecified atom stereocenters. The largest absolute Gasteiger partial charge is 0.399 e. The second kappa shape index (κ2) is 13.0. The van der Waals surface area contributed by atoms with Crippen molar-refractivity contribution in [2.24, 2.45) is 5.92 Å². The predicted octanol–water partition coefficient (Wildman–Crippen LogP) is 5.74. The summed E-state index contributed by atoms with van der Waals surface area (Å²) in [5.74, 6) is -0.311. The highest BCUT2D eigenvalue weighted by Crippen LogP contribution is 2.47. The number of rotatable bonds is 9. The molecular weight excluding hydrogens is 561 g/mol. The molecule has 3 aromatic carbocycles. The molecular formula is C34H42FN3O4Si. The lowest BCUT2D eigenvalue weighted by atomic mass is 9.93. The first-order chi connectivity index (χ1) is 20.5. The second-order valence-corrected chi connectivity index (χ2v) is 16.3. The minimum atomic E-state index is -3.15. The van der Waals surface area contributed by atoms with Gasteiger partial charge in [0.1, 0.15) is 0 Å². The Labute approximate surface area is 254 Å². The molecule has 7 nitrogen and oxygen atoms in total. The Morgan fingerprint density at radius 2 is 1.70 bits per heavy atom. The summed E-state index contributed by atoms with van der Waals surface area (Å²) in [7, 11) is -3.15. The van der Waals surface area contributed by atoms with Crippen molar-refractivity contribution in [3.8, 4) is 0 Å². The molecule has 0 radical (unpaired) electrons. The molecule has 43 heavy (non-hydrogen) atoms. The van der Waals surface area contributed by atoms with Crippen LogP contribution in [0.2, 0.25) is 18.6 Å². The molecule has 5 atom stereocenters. The van der Waals surface area contributed by atoms with Crippen molar-refractivity contribution in [2.75, 3.05) is 17.7 Å². The number of ether oxygens (including phenoxy) is 1. The molecule has 2 aliphatic heterocycles. The summed E-state index contributed by atoms with van der Waals surface area (Å²) in [6.45, 7) is 5.81. The van der Waals surface area contributed by atoms with Crippen LogP contribution in [0.25, 0.3) is 0 Å². The van der Waals surface area contributed by atoms with E-state index in [2.05, 4.69) is 12.2 Å². The van der Waals surface area contributed by atoms with E-state index in [1.165, 1.54) is 0 Å². The van der Waals surface area contributed by atoms with Gasteiger partial charge in [0.25, 0.3) is 5.91 Å². The molecule has 2 aliphatic rings. The predicted molar refractivity (Wildman–Crippen MR) is 170 cm³/mol. The van der Waals surface area contributed by atoms with Crippen molar-refractivity contribution >= 4 is 31.6 Å². The number of nitrogens with one attached hydrogen (secondary N) is 1. The van der Waals surface area contributed by atoms with Crippen molar-refractivity contribution in [2.45, 2.75) is 76.0 Å². The van der Waals surface area contributed by atoms with Crippen LogP contribution < -0.4 is 11.1 Å². The summed E-state index contributed by atoms with van der Waals surface area (Å²) in [4.78, 5) is 27.9. The average molecular weight is 604 g/mol. The van der Waals surface area contributed by atoms with E-state index in [-0.39, 0.29) is 48.4 Å². The molecule has 0 bridgehead atoms. The number of amides is 2. The van der Waals surface area contributed by atoms with E-state index in [1.54, 1.807) is 42.3 Å². The fourth-order valence-corrected chi connectivity index (χ4v) is 9.35. The van der Waals surface area contributed by atoms with Crippen molar-refractivity contribution in [3.05, 3.63) is 95.1 Å². The highest BCUT2D eigenvalue weighted by molar-refractivity contribution is 6.72. The number of carbonyl (C=O) groups is 2. The van der Waals surface area contributed by atoms with Gasteiger partial charge in [0.05, 0.1) is 31.3 Å². The Kier molecular flexibility index (Phi) is 9.34. The lowest BCUT2D eigenvalue weighted by molar-refractivity contribution is -0.138. The molecule has 3 aromatic rings. The monoisotopic (exact) mass is 603 g/mol. The van der Waals surface area contributed by atoms with Crippen LogP contribution in [0.1, 0.15) is 46.8 Å². The van der Waals surface area contributed by atoms with Crippen molar-refractivity contribution in [3.63, 3.8) is 0 Å². The molecule has 2 heterocycles. The zero-order valence-electron chi connectivity index (χ0n) is 25.1. The third-order valence-corrected chi connectivity index (χ3v) is 11.5. The summed E-state index contributed by atoms with van der Waals surface area (Å²) in [6.07, 6.45) is 1.53. The van der Waals surface area contributed by atoms with E-state index < -0.39 is 14.5 Å². The summed E-state index contributed by atoms with van der Waals surface area (Å²) in [6, 6.07) is 22.2. The Bertz CT molecular complexity index is 1430. The van der Waals surface area contributed by atoms with Crippen molar-refractivity contribution in [1.82, 2.24) is 4.90 Å². The molecule has 0 saturated carbocycles. The van der Waals surface area contributed by atoms with Gasteiger partial charge in [-0.3, -0.25) is 9.59 Å². The number of carbonyl (C=O) groups excluding carboxylic acids is 2. The number of hydrogen-bond acceptors (Lipinski definition) is 5. The fraction of sp³-hybridized carbons (Fsp3) is 0.412. The molecule has 9 heteroatoms.